The molecule has 0 bridgehead atoms. The fourth-order valence-corrected chi connectivity index (χ4v) is 0. The Morgan fingerprint density at radius 3 is 1.00 bits per heavy atom. The fraction of sp³-hybridized carbons (Fsp3) is 0. The molecule has 13 valence electrons. The Bertz CT molecular complexity index is 8.00. The molecule has 0 aromatic carbocycles. The Morgan fingerprint density at radius 2 is 1.00 bits per heavy atom. The molecule has 0 saturated carbocycles. The van der Waals surface area contributed by atoms with Gasteiger partial charge in [0.1, 0.15) is 0 Å². The molecule has 4 heteroatoms. The maximum absolute atomic E-state index is 0. The predicted octanol–water partition coefficient (Wildman–Crippen LogP) is -0.767. The second-order valence-corrected chi connectivity index (χ2v) is 0. The van der Waals surface area contributed by atoms with Crippen LogP contribution in [0.15, 0.2) is 0 Å². The monoisotopic (exact) mass is 599 g/mol. The number of hydrogen-bond donors (Lipinski definition) is 0. The number of rotatable bonds is 0. The third-order valence-corrected chi connectivity index (χ3v) is 0. The van der Waals surface area contributed by atoms with Crippen LogP contribution < -0.4 is 0 Å². The van der Waals surface area contributed by atoms with Gasteiger partial charge in [-0.1, -0.05) is 0 Å². The summed E-state index contributed by atoms with van der Waals surface area (Å²) in [6, 6.07) is 0. The molecule has 0 fully saturated rings. The minimum atomic E-state index is 0. The zero-order valence-electron chi connectivity index (χ0n) is 2.36. The summed E-state index contributed by atoms with van der Waals surface area (Å²) in [5.41, 5.74) is 0. The van der Waals surface area contributed by atoms with E-state index in [0.29, 0.717) is 0 Å². The van der Waals surface area contributed by atoms with E-state index in [9.17, 15) is 0 Å². The summed E-state index contributed by atoms with van der Waals surface area (Å²) in [5.74, 6) is 0. The van der Waals surface area contributed by atoms with Gasteiger partial charge in [0.25, 0.3) is 0 Å². The summed E-state index contributed by atoms with van der Waals surface area (Å²) in [7, 11) is 0. The second kappa shape index (κ2) is 16.2. The van der Waals surface area contributed by atoms with Gasteiger partial charge < -0.3 is 0 Å². The van der Waals surface area contributed by atoms with Crippen molar-refractivity contribution in [3.05, 3.63) is 0 Å². The molecule has 0 heterocycles. The van der Waals surface area contributed by atoms with Crippen LogP contribution in [0, 0.1) is 0 Å². The van der Waals surface area contributed by atoms with E-state index >= 15 is 0 Å². The van der Waals surface area contributed by atoms with Crippen LogP contribution in [0.2, 0.25) is 0 Å². The predicted molar refractivity (Wildman–Crippen MR) is 11.5 cm³/mol. The van der Waals surface area contributed by atoms with Crippen LogP contribution in [0.4, 0.5) is 0 Å². The van der Waals surface area contributed by atoms with E-state index in [2.05, 4.69) is 0 Å². The zero-order chi connectivity index (χ0) is 0. The van der Waals surface area contributed by atoms with E-state index in [-0.39, 0.29) is 100 Å². The molecule has 0 aromatic heterocycles. The van der Waals surface area contributed by atoms with Gasteiger partial charge in [-0.05, 0) is 0 Å². The fourth-order valence-electron chi connectivity index (χ4n) is 0. The Balaban J connectivity index is 0. The molecule has 0 spiro atoms. The Labute approximate surface area is 98.0 Å². The molecule has 0 nitrogen and oxygen atoms in total. The van der Waals surface area contributed by atoms with Crippen LogP contribution in [0.3, 0.4) is 0 Å². The van der Waals surface area contributed by atoms with Gasteiger partial charge in [0.05, 0.1) is 0 Å². The summed E-state index contributed by atoms with van der Waals surface area (Å²) < 4.78 is 0. The van der Waals surface area contributed by atoms with E-state index in [1.54, 1.807) is 0 Å². The summed E-state index contributed by atoms with van der Waals surface area (Å²) >= 11 is 0. The SMILES string of the molecule is [As].[Cd].[Hg].[Pb]. The molecule has 0 N–H and O–H groups in total. The van der Waals surface area contributed by atoms with Crippen molar-refractivity contribution in [1.29, 1.82) is 0 Å². The molecular formula is AsCdHgPb. The van der Waals surface area contributed by atoms with Crippen LogP contribution in [-0.2, 0) is 55.0 Å². The minimum Gasteiger partial charge on any atom is 0 e. The summed E-state index contributed by atoms with van der Waals surface area (Å²) in [5, 5.41) is 0. The van der Waals surface area contributed by atoms with Gasteiger partial charge in [-0.15, -0.1) is 0 Å². The van der Waals surface area contributed by atoms with Crippen LogP contribution in [0.1, 0.15) is 0 Å². The average Bonchev–Trinajstić information content (AvgIpc) is 0. The van der Waals surface area contributed by atoms with E-state index in [1.165, 1.54) is 0 Å². The molecule has 0 aromatic rings. The van der Waals surface area contributed by atoms with Crippen molar-refractivity contribution in [2.75, 3.05) is 0 Å². The largest absolute Gasteiger partial charge is 0 e. The second-order valence-electron chi connectivity index (χ2n) is 0. The smallest absolute Gasteiger partial charge is 0 e. The first kappa shape index (κ1) is 26.5. The van der Waals surface area contributed by atoms with Crippen molar-refractivity contribution in [2.45, 2.75) is 0 Å². The van der Waals surface area contributed by atoms with Gasteiger partial charge in [-0.25, -0.2) is 0 Å². The minimum absolute atomic E-state index is 0. The van der Waals surface area contributed by atoms with Crippen molar-refractivity contribution in [3.8, 4) is 0 Å². The van der Waals surface area contributed by atoms with Crippen LogP contribution in [0.25, 0.3) is 0 Å². The molecule has 0 rings (SSSR count). The quantitative estimate of drug-likeness (QED) is 0.324. The Hall–Kier alpha value is 3.34. The van der Waals surface area contributed by atoms with Crippen molar-refractivity contribution in [1.82, 2.24) is 0 Å². The van der Waals surface area contributed by atoms with E-state index in [4.69, 9.17) is 0 Å². The van der Waals surface area contributed by atoms with Gasteiger partial charge in [0.2, 0.25) is 0 Å². The first-order chi connectivity index (χ1) is 0. The molecule has 0 atom stereocenters. The Kier molecular flexibility index (Phi) is 107. The van der Waals surface area contributed by atoms with E-state index in [1.807, 2.05) is 0 Å². The maximum atomic E-state index is 0. The van der Waals surface area contributed by atoms with Crippen molar-refractivity contribution < 1.29 is 55.0 Å². The third kappa shape index (κ3) is 9.02. The van der Waals surface area contributed by atoms with E-state index in [0.717, 1.165) is 0 Å². The normalized spacial score (nSPS) is 0. The number of hydrogen-bond acceptors (Lipinski definition) is 0. The standard InChI is InChI=1S/As.Cd.Hg.Pb. The van der Waals surface area contributed by atoms with Gasteiger partial charge in [-0.2, -0.15) is 0 Å². The average molecular weight is 595 g/mol. The summed E-state index contributed by atoms with van der Waals surface area (Å²) in [6.07, 6.45) is 0. The molecule has 0 aliphatic carbocycles. The zero-order valence-corrected chi connectivity index (χ0v) is 17.7. The van der Waals surface area contributed by atoms with Crippen molar-refractivity contribution >= 4 is 45.3 Å². The molecular weight excluding hydrogens is 595 g/mol. The maximum Gasteiger partial charge on any atom is 0 e. The van der Waals surface area contributed by atoms with Crippen molar-refractivity contribution in [2.24, 2.45) is 0 Å². The van der Waals surface area contributed by atoms with E-state index < -0.39 is 0 Å². The first-order valence-corrected chi connectivity index (χ1v) is 0. The molecule has 4 heavy (non-hydrogen) atoms. The molecule has 0 aliphatic rings. The topological polar surface area (TPSA) is 0 Å². The summed E-state index contributed by atoms with van der Waals surface area (Å²) in [4.78, 5) is 0. The summed E-state index contributed by atoms with van der Waals surface area (Å²) in [6.45, 7) is 0. The van der Waals surface area contributed by atoms with Crippen LogP contribution >= 0.6 is 0 Å². The van der Waals surface area contributed by atoms with Gasteiger partial charge in [0.15, 0.2) is 0 Å². The Morgan fingerprint density at radius 1 is 1.00 bits per heavy atom. The van der Waals surface area contributed by atoms with Crippen LogP contribution in [0.5, 0.6) is 0 Å². The first-order valence-electron chi connectivity index (χ1n) is 0. The molecule has 0 saturated heterocycles. The molecule has 0 aliphatic heterocycles. The van der Waals surface area contributed by atoms with Gasteiger partial charge >= 0.3 is 0 Å². The van der Waals surface area contributed by atoms with Crippen LogP contribution in [-0.4, -0.2) is 45.3 Å². The van der Waals surface area contributed by atoms with Gasteiger partial charge in [0, 0.05) is 100 Å². The van der Waals surface area contributed by atoms with Gasteiger partial charge in [-0.3, -0.25) is 0 Å². The molecule has 0 unspecified atom stereocenters. The van der Waals surface area contributed by atoms with Crippen molar-refractivity contribution in [3.63, 3.8) is 0 Å². The molecule has 7 radical (unpaired) electrons. The molecule has 0 amide bonds. The third-order valence-electron chi connectivity index (χ3n) is 0.